The quantitative estimate of drug-likeness (QED) is 0.707. The number of pyridine rings is 1. The Labute approximate surface area is 91.3 Å². The standard InChI is InChI=1S/C10H9N3O3/c1-6-7(4-3-5-11-6)8-12-13-9(16-8)10(14)15-2/h3-5H,1-2H3. The zero-order valence-corrected chi connectivity index (χ0v) is 8.80. The number of aromatic nitrogens is 3. The Kier molecular flexibility index (Phi) is 2.63. The van der Waals surface area contributed by atoms with Gasteiger partial charge in [0.1, 0.15) is 0 Å². The van der Waals surface area contributed by atoms with Crippen molar-refractivity contribution in [2.24, 2.45) is 0 Å². The van der Waals surface area contributed by atoms with Gasteiger partial charge in [-0.3, -0.25) is 4.98 Å². The van der Waals surface area contributed by atoms with Crippen LogP contribution in [0.25, 0.3) is 11.5 Å². The van der Waals surface area contributed by atoms with Gasteiger partial charge in [0.05, 0.1) is 12.7 Å². The summed E-state index contributed by atoms with van der Waals surface area (Å²) < 4.78 is 9.63. The van der Waals surface area contributed by atoms with Gasteiger partial charge in [-0.2, -0.15) is 0 Å². The molecule has 0 radical (unpaired) electrons. The van der Waals surface area contributed by atoms with E-state index in [-0.39, 0.29) is 11.8 Å². The highest BCUT2D eigenvalue weighted by Gasteiger charge is 2.17. The summed E-state index contributed by atoms with van der Waals surface area (Å²) in [4.78, 5) is 15.2. The number of methoxy groups -OCH3 is 1. The summed E-state index contributed by atoms with van der Waals surface area (Å²) in [6, 6.07) is 3.54. The van der Waals surface area contributed by atoms with Crippen molar-refractivity contribution < 1.29 is 13.9 Å². The van der Waals surface area contributed by atoms with Gasteiger partial charge in [0.15, 0.2) is 0 Å². The van der Waals surface area contributed by atoms with Crippen LogP contribution in [0.1, 0.15) is 16.4 Å². The molecule has 6 heteroatoms. The molecule has 2 aromatic heterocycles. The minimum atomic E-state index is -0.653. The molecular formula is C10H9N3O3. The molecule has 16 heavy (non-hydrogen) atoms. The fourth-order valence-electron chi connectivity index (χ4n) is 1.21. The highest BCUT2D eigenvalue weighted by atomic mass is 16.5. The van der Waals surface area contributed by atoms with Crippen molar-refractivity contribution in [3.8, 4) is 11.5 Å². The minimum Gasteiger partial charge on any atom is -0.462 e. The lowest BCUT2D eigenvalue weighted by Gasteiger charge is -1.97. The maximum Gasteiger partial charge on any atom is 0.396 e. The van der Waals surface area contributed by atoms with Crippen molar-refractivity contribution in [1.82, 2.24) is 15.2 Å². The zero-order valence-electron chi connectivity index (χ0n) is 8.80. The van der Waals surface area contributed by atoms with E-state index in [4.69, 9.17) is 4.42 Å². The van der Waals surface area contributed by atoms with E-state index in [1.54, 1.807) is 18.3 Å². The molecule has 0 saturated heterocycles. The molecule has 0 amide bonds. The molecule has 6 nitrogen and oxygen atoms in total. The van der Waals surface area contributed by atoms with Crippen molar-refractivity contribution >= 4 is 5.97 Å². The molecule has 2 rings (SSSR count). The Balaban J connectivity index is 2.39. The fraction of sp³-hybridized carbons (Fsp3) is 0.200. The summed E-state index contributed by atoms with van der Waals surface area (Å²) >= 11 is 0. The Morgan fingerprint density at radius 2 is 2.25 bits per heavy atom. The number of hydrogen-bond donors (Lipinski definition) is 0. The van der Waals surface area contributed by atoms with Gasteiger partial charge in [-0.25, -0.2) is 4.79 Å². The number of carbonyl (C=O) groups excluding carboxylic acids is 1. The van der Waals surface area contributed by atoms with Crippen molar-refractivity contribution in [2.45, 2.75) is 6.92 Å². The SMILES string of the molecule is COC(=O)c1nnc(-c2cccnc2C)o1. The van der Waals surface area contributed by atoms with Crippen LogP contribution < -0.4 is 0 Å². The van der Waals surface area contributed by atoms with Crippen LogP contribution in [-0.2, 0) is 4.74 Å². The van der Waals surface area contributed by atoms with Gasteiger partial charge in [-0.15, -0.1) is 10.2 Å². The van der Waals surface area contributed by atoms with E-state index in [2.05, 4.69) is 19.9 Å². The van der Waals surface area contributed by atoms with Gasteiger partial charge in [-0.1, -0.05) is 0 Å². The summed E-state index contributed by atoms with van der Waals surface area (Å²) in [7, 11) is 1.25. The molecule has 0 fully saturated rings. The summed E-state index contributed by atoms with van der Waals surface area (Å²) in [6.07, 6.45) is 1.66. The van der Waals surface area contributed by atoms with E-state index >= 15 is 0 Å². The lowest BCUT2D eigenvalue weighted by atomic mass is 10.2. The fourth-order valence-corrected chi connectivity index (χ4v) is 1.21. The van der Waals surface area contributed by atoms with Gasteiger partial charge >= 0.3 is 11.9 Å². The molecule has 2 heterocycles. The first-order chi connectivity index (χ1) is 7.72. The molecule has 0 bridgehead atoms. The van der Waals surface area contributed by atoms with Gasteiger partial charge in [0.25, 0.3) is 0 Å². The average molecular weight is 219 g/mol. The van der Waals surface area contributed by atoms with Crippen LogP contribution >= 0.6 is 0 Å². The predicted octanol–water partition coefficient (Wildman–Crippen LogP) is 1.23. The smallest absolute Gasteiger partial charge is 0.396 e. The van der Waals surface area contributed by atoms with E-state index in [9.17, 15) is 4.79 Å². The first-order valence-electron chi connectivity index (χ1n) is 4.56. The molecule has 0 spiro atoms. The first kappa shape index (κ1) is 10.3. The molecule has 0 N–H and O–H groups in total. The number of esters is 1. The Hall–Kier alpha value is -2.24. The summed E-state index contributed by atoms with van der Waals surface area (Å²) in [5, 5.41) is 7.34. The molecule has 82 valence electrons. The monoisotopic (exact) mass is 219 g/mol. The topological polar surface area (TPSA) is 78.1 Å². The second kappa shape index (κ2) is 4.09. The summed E-state index contributed by atoms with van der Waals surface area (Å²) in [5.74, 6) is -0.563. The second-order valence-corrected chi connectivity index (χ2v) is 3.04. The number of carbonyl (C=O) groups is 1. The Morgan fingerprint density at radius 3 is 2.94 bits per heavy atom. The van der Waals surface area contributed by atoms with E-state index in [0.717, 1.165) is 5.69 Å². The molecule has 0 aliphatic carbocycles. The number of rotatable bonds is 2. The van der Waals surface area contributed by atoms with Crippen molar-refractivity contribution in [3.05, 3.63) is 29.9 Å². The van der Waals surface area contributed by atoms with E-state index in [1.807, 2.05) is 6.92 Å². The third-order valence-corrected chi connectivity index (χ3v) is 2.02. The number of aryl methyl sites for hydroxylation is 1. The zero-order chi connectivity index (χ0) is 11.5. The molecule has 0 aromatic carbocycles. The van der Waals surface area contributed by atoms with Crippen molar-refractivity contribution in [1.29, 1.82) is 0 Å². The van der Waals surface area contributed by atoms with Crippen LogP contribution in [0.4, 0.5) is 0 Å². The average Bonchev–Trinajstić information content (AvgIpc) is 2.78. The van der Waals surface area contributed by atoms with E-state index in [1.165, 1.54) is 7.11 Å². The molecule has 0 aliphatic heterocycles. The largest absolute Gasteiger partial charge is 0.462 e. The third-order valence-electron chi connectivity index (χ3n) is 2.02. The third kappa shape index (κ3) is 1.77. The maximum absolute atomic E-state index is 11.1. The van der Waals surface area contributed by atoms with Crippen molar-refractivity contribution in [2.75, 3.05) is 7.11 Å². The number of ether oxygens (including phenoxy) is 1. The molecule has 0 aliphatic rings. The highest BCUT2D eigenvalue weighted by Crippen LogP contribution is 2.19. The first-order valence-corrected chi connectivity index (χ1v) is 4.56. The lowest BCUT2D eigenvalue weighted by molar-refractivity contribution is 0.0556. The normalized spacial score (nSPS) is 10.1. The molecule has 0 unspecified atom stereocenters. The van der Waals surface area contributed by atoms with E-state index in [0.29, 0.717) is 5.56 Å². The second-order valence-electron chi connectivity index (χ2n) is 3.04. The van der Waals surface area contributed by atoms with Crippen LogP contribution in [0.15, 0.2) is 22.7 Å². The van der Waals surface area contributed by atoms with Gasteiger partial charge in [0.2, 0.25) is 5.89 Å². The van der Waals surface area contributed by atoms with Crippen LogP contribution in [-0.4, -0.2) is 28.3 Å². The molecule has 0 saturated carbocycles. The number of hydrogen-bond acceptors (Lipinski definition) is 6. The molecule has 2 aromatic rings. The lowest BCUT2D eigenvalue weighted by Crippen LogP contribution is -2.00. The van der Waals surface area contributed by atoms with Crippen molar-refractivity contribution in [3.63, 3.8) is 0 Å². The van der Waals surface area contributed by atoms with Crippen LogP contribution in [0, 0.1) is 6.92 Å². The minimum absolute atomic E-state index is 0.166. The molecule has 0 atom stereocenters. The van der Waals surface area contributed by atoms with Crippen LogP contribution in [0.3, 0.4) is 0 Å². The van der Waals surface area contributed by atoms with Crippen LogP contribution in [0.2, 0.25) is 0 Å². The maximum atomic E-state index is 11.1. The van der Waals surface area contributed by atoms with E-state index < -0.39 is 5.97 Å². The van der Waals surface area contributed by atoms with Gasteiger partial charge < -0.3 is 9.15 Å². The highest BCUT2D eigenvalue weighted by molar-refractivity contribution is 5.84. The Morgan fingerprint density at radius 1 is 1.44 bits per heavy atom. The van der Waals surface area contributed by atoms with Gasteiger partial charge in [0, 0.05) is 11.9 Å². The number of nitrogens with zero attached hydrogens (tertiary/aromatic N) is 3. The van der Waals surface area contributed by atoms with Crippen LogP contribution in [0.5, 0.6) is 0 Å². The summed E-state index contributed by atoms with van der Waals surface area (Å²) in [5.41, 5.74) is 1.45. The Bertz CT molecular complexity index is 522. The summed E-state index contributed by atoms with van der Waals surface area (Å²) in [6.45, 7) is 1.82. The molecular weight excluding hydrogens is 210 g/mol. The van der Waals surface area contributed by atoms with Gasteiger partial charge in [-0.05, 0) is 19.1 Å². The predicted molar refractivity (Wildman–Crippen MR) is 53.6 cm³/mol.